The number of alkyl halides is 1. The summed E-state index contributed by atoms with van der Waals surface area (Å²) in [6.45, 7) is -0.907. The second-order valence-electron chi connectivity index (χ2n) is 1.64. The maximum Gasteiger partial charge on any atom is 0.141 e. The first kappa shape index (κ1) is 4.75. The van der Waals surface area contributed by atoms with Gasteiger partial charge in [0.2, 0.25) is 0 Å². The van der Waals surface area contributed by atoms with Gasteiger partial charge in [-0.2, -0.15) is 0 Å². The van der Waals surface area contributed by atoms with Gasteiger partial charge in [-0.3, -0.25) is 0 Å². The van der Waals surface area contributed by atoms with E-state index in [1.54, 1.807) is 0 Å². The molecule has 0 heterocycles. The first-order chi connectivity index (χ1) is 3.34. The molecule has 1 aliphatic carbocycles. The van der Waals surface area contributed by atoms with Gasteiger partial charge in [0.15, 0.2) is 0 Å². The molecule has 0 atom stereocenters. The molecule has 2 heteroatoms. The van der Waals surface area contributed by atoms with Crippen LogP contribution in [0.25, 0.3) is 0 Å². The second-order valence-corrected chi connectivity index (χ2v) is 1.64. The molecule has 1 aliphatic rings. The lowest BCUT2D eigenvalue weighted by Gasteiger charge is -1.78. The summed E-state index contributed by atoms with van der Waals surface area (Å²) in [7, 11) is 0. The minimum Gasteiger partial charge on any atom is -0.243 e. The summed E-state index contributed by atoms with van der Waals surface area (Å²) in [6, 6.07) is 0. The molecule has 1 rings (SSSR count). The van der Waals surface area contributed by atoms with E-state index in [1.165, 1.54) is 0 Å². The summed E-state index contributed by atoms with van der Waals surface area (Å²) in [5, 5.41) is 0. The average molecular weight is 104 g/mol. The normalized spacial score (nSPS) is 17.1. The number of allylic oxidation sites excluding steroid dienone is 2. The summed E-state index contributed by atoms with van der Waals surface area (Å²) >= 11 is 0. The van der Waals surface area contributed by atoms with Gasteiger partial charge in [0.25, 0.3) is 0 Å². The van der Waals surface area contributed by atoms with E-state index in [2.05, 4.69) is 0 Å². The molecule has 1 saturated carbocycles. The van der Waals surface area contributed by atoms with Gasteiger partial charge in [-0.15, -0.1) is 0 Å². The molecule has 1 fully saturated rings. The lowest BCUT2D eigenvalue weighted by Crippen LogP contribution is -1.71. The van der Waals surface area contributed by atoms with E-state index in [4.69, 9.17) is 0 Å². The van der Waals surface area contributed by atoms with Crippen LogP contribution in [0.4, 0.5) is 8.78 Å². The summed E-state index contributed by atoms with van der Waals surface area (Å²) in [6.07, 6.45) is 1.55. The van der Waals surface area contributed by atoms with Crippen molar-refractivity contribution in [3.8, 4) is 0 Å². The van der Waals surface area contributed by atoms with Crippen molar-refractivity contribution in [3.05, 3.63) is 11.4 Å². The van der Waals surface area contributed by atoms with Crippen LogP contribution >= 0.6 is 0 Å². The van der Waals surface area contributed by atoms with Gasteiger partial charge in [-0.25, -0.2) is 8.78 Å². The van der Waals surface area contributed by atoms with Crippen molar-refractivity contribution in [3.63, 3.8) is 0 Å². The molecule has 0 nitrogen and oxygen atoms in total. The molecular formula is C5H6F2. The highest BCUT2D eigenvalue weighted by molar-refractivity contribution is 5.20. The zero-order valence-electron chi connectivity index (χ0n) is 3.88. The monoisotopic (exact) mass is 104 g/mol. The van der Waals surface area contributed by atoms with Gasteiger partial charge in [0.1, 0.15) is 12.5 Å². The summed E-state index contributed by atoms with van der Waals surface area (Å²) in [4.78, 5) is 0. The van der Waals surface area contributed by atoms with Crippen LogP contribution in [0.3, 0.4) is 0 Å². The minimum absolute atomic E-state index is 0.542. The first-order valence-corrected chi connectivity index (χ1v) is 2.27. The van der Waals surface area contributed by atoms with Gasteiger partial charge >= 0.3 is 0 Å². The van der Waals surface area contributed by atoms with Gasteiger partial charge in [0.05, 0.1) is 0 Å². The third-order valence-electron chi connectivity index (χ3n) is 1.00. The van der Waals surface area contributed by atoms with Crippen LogP contribution in [-0.2, 0) is 0 Å². The van der Waals surface area contributed by atoms with Crippen molar-refractivity contribution >= 4 is 0 Å². The SMILES string of the molecule is FCC(F)=C1CC1. The molecular weight excluding hydrogens is 98.1 g/mol. The maximum absolute atomic E-state index is 11.8. The van der Waals surface area contributed by atoms with Crippen LogP contribution in [0.2, 0.25) is 0 Å². The van der Waals surface area contributed by atoms with Gasteiger partial charge in [0, 0.05) is 0 Å². The molecule has 0 N–H and O–H groups in total. The van der Waals surface area contributed by atoms with Crippen LogP contribution in [0.1, 0.15) is 12.8 Å². The molecule has 7 heavy (non-hydrogen) atoms. The Labute approximate surface area is 40.8 Å². The highest BCUT2D eigenvalue weighted by Gasteiger charge is 2.16. The second kappa shape index (κ2) is 1.60. The molecule has 0 amide bonds. The highest BCUT2D eigenvalue weighted by Crippen LogP contribution is 2.31. The van der Waals surface area contributed by atoms with Crippen LogP contribution in [0, 0.1) is 0 Å². The van der Waals surface area contributed by atoms with E-state index >= 15 is 0 Å². The van der Waals surface area contributed by atoms with Crippen molar-refractivity contribution in [1.82, 2.24) is 0 Å². The molecule has 40 valence electrons. The van der Waals surface area contributed by atoms with E-state index in [-0.39, 0.29) is 0 Å². The predicted molar refractivity (Wildman–Crippen MR) is 23.3 cm³/mol. The standard InChI is InChI=1S/C5H6F2/c6-3-5(7)4-1-2-4/h1-3H2. The molecule has 0 spiro atoms. The van der Waals surface area contributed by atoms with E-state index in [1.807, 2.05) is 0 Å². The van der Waals surface area contributed by atoms with Gasteiger partial charge in [-0.05, 0) is 18.4 Å². The molecule has 0 saturated heterocycles. The van der Waals surface area contributed by atoms with Crippen molar-refractivity contribution in [2.24, 2.45) is 0 Å². The fourth-order valence-electron chi connectivity index (χ4n) is 0.428. The minimum atomic E-state index is -0.907. The van der Waals surface area contributed by atoms with Crippen LogP contribution in [0.15, 0.2) is 11.4 Å². The van der Waals surface area contributed by atoms with Crippen molar-refractivity contribution in [2.45, 2.75) is 12.8 Å². The lowest BCUT2D eigenvalue weighted by atomic mass is 10.5. The van der Waals surface area contributed by atoms with E-state index in [0.717, 1.165) is 12.8 Å². The lowest BCUT2D eigenvalue weighted by molar-refractivity contribution is 0.457. The molecule has 0 aromatic heterocycles. The molecule has 0 radical (unpaired) electrons. The van der Waals surface area contributed by atoms with Crippen LogP contribution in [-0.4, -0.2) is 6.67 Å². The predicted octanol–water partition coefficient (Wildman–Crippen LogP) is 1.97. The van der Waals surface area contributed by atoms with Gasteiger partial charge < -0.3 is 0 Å². The highest BCUT2D eigenvalue weighted by atomic mass is 19.2. The van der Waals surface area contributed by atoms with Crippen molar-refractivity contribution in [1.29, 1.82) is 0 Å². The molecule has 0 bridgehead atoms. The molecule has 0 aliphatic heterocycles. The van der Waals surface area contributed by atoms with E-state index in [0.29, 0.717) is 5.57 Å². The van der Waals surface area contributed by atoms with Crippen molar-refractivity contribution in [2.75, 3.05) is 6.67 Å². The number of hydrogen-bond donors (Lipinski definition) is 0. The number of halogens is 2. The smallest absolute Gasteiger partial charge is 0.141 e. The topological polar surface area (TPSA) is 0 Å². The Morgan fingerprint density at radius 1 is 1.57 bits per heavy atom. The Balaban J connectivity index is 2.49. The fraction of sp³-hybridized carbons (Fsp3) is 0.600. The fourth-order valence-corrected chi connectivity index (χ4v) is 0.428. The maximum atomic E-state index is 11.8. The van der Waals surface area contributed by atoms with Crippen LogP contribution in [0.5, 0.6) is 0 Å². The number of rotatable bonds is 1. The molecule has 0 unspecified atom stereocenters. The first-order valence-electron chi connectivity index (χ1n) is 2.27. The third-order valence-corrected chi connectivity index (χ3v) is 1.00. The molecule has 0 aromatic carbocycles. The molecule has 0 aromatic rings. The Hall–Kier alpha value is -0.400. The van der Waals surface area contributed by atoms with Gasteiger partial charge in [-0.1, -0.05) is 0 Å². The Morgan fingerprint density at radius 2 is 2.14 bits per heavy atom. The summed E-state index contributed by atoms with van der Waals surface area (Å²) in [5.74, 6) is -0.542. The zero-order chi connectivity index (χ0) is 5.28. The summed E-state index contributed by atoms with van der Waals surface area (Å²) < 4.78 is 23.1. The zero-order valence-corrected chi connectivity index (χ0v) is 3.88. The number of hydrogen-bond acceptors (Lipinski definition) is 0. The van der Waals surface area contributed by atoms with Crippen molar-refractivity contribution < 1.29 is 8.78 Å². The Kier molecular flexibility index (Phi) is 1.09. The van der Waals surface area contributed by atoms with Crippen LogP contribution < -0.4 is 0 Å². The average Bonchev–Trinajstić information content (AvgIpc) is 2.44. The van der Waals surface area contributed by atoms with E-state index in [9.17, 15) is 8.78 Å². The Bertz CT molecular complexity index is 98.6. The summed E-state index contributed by atoms with van der Waals surface area (Å²) in [5.41, 5.74) is 0.669. The Morgan fingerprint density at radius 3 is 2.29 bits per heavy atom. The van der Waals surface area contributed by atoms with E-state index < -0.39 is 12.5 Å². The quantitative estimate of drug-likeness (QED) is 0.477. The third kappa shape index (κ3) is 0.981. The largest absolute Gasteiger partial charge is 0.243 e.